The van der Waals surface area contributed by atoms with Gasteiger partial charge in [-0.1, -0.05) is 37.3 Å². The van der Waals surface area contributed by atoms with Crippen molar-refractivity contribution in [2.24, 2.45) is 4.99 Å². The van der Waals surface area contributed by atoms with E-state index >= 15 is 0 Å². The zero-order valence-corrected chi connectivity index (χ0v) is 14.5. The maximum atomic E-state index is 12.4. The van der Waals surface area contributed by atoms with Crippen molar-refractivity contribution in [3.63, 3.8) is 0 Å². The highest BCUT2D eigenvalue weighted by Crippen LogP contribution is 2.24. The van der Waals surface area contributed by atoms with E-state index in [-0.39, 0.29) is 11.7 Å². The zero-order valence-electron chi connectivity index (χ0n) is 14.5. The van der Waals surface area contributed by atoms with Gasteiger partial charge in [-0.25, -0.2) is 0 Å². The van der Waals surface area contributed by atoms with E-state index in [9.17, 15) is 4.79 Å². The molecule has 0 amide bonds. The summed E-state index contributed by atoms with van der Waals surface area (Å²) in [5.74, 6) is 1.44. The Morgan fingerprint density at radius 2 is 2.08 bits per heavy atom. The molecule has 0 saturated heterocycles. The van der Waals surface area contributed by atoms with Gasteiger partial charge in [-0.05, 0) is 36.0 Å². The number of Topliss-reactive ketones (excluding diaryl/α,β-unsaturated/α-hetero) is 1. The molecule has 1 atom stereocenters. The molecule has 2 aromatic rings. The van der Waals surface area contributed by atoms with Gasteiger partial charge in [0.25, 0.3) is 0 Å². The van der Waals surface area contributed by atoms with E-state index in [1.54, 1.807) is 0 Å². The van der Waals surface area contributed by atoms with Crippen molar-refractivity contribution in [1.29, 1.82) is 0 Å². The maximum Gasteiger partial charge on any atom is 0.139 e. The molecule has 0 bridgehead atoms. The Hall–Kier alpha value is -2.49. The number of ketones is 1. The number of benzene rings is 1. The number of aromatic nitrogens is 1. The number of hydrogen-bond acceptors (Lipinski definition) is 4. The number of nitrogens with one attached hydrogen (secondary N) is 1. The molecule has 128 valence electrons. The van der Waals surface area contributed by atoms with Crippen LogP contribution in [0.1, 0.15) is 54.5 Å². The molecule has 25 heavy (non-hydrogen) atoms. The second-order valence-corrected chi connectivity index (χ2v) is 7.15. The molecule has 1 saturated carbocycles. The van der Waals surface area contributed by atoms with Gasteiger partial charge in [0.2, 0.25) is 0 Å². The van der Waals surface area contributed by atoms with Crippen molar-refractivity contribution >= 4 is 11.6 Å². The minimum Gasteiger partial charge on any atom is -0.367 e. The van der Waals surface area contributed by atoms with Crippen LogP contribution in [0.5, 0.6) is 0 Å². The number of aliphatic imine (C=N–C) groups is 1. The first kappa shape index (κ1) is 16.0. The second kappa shape index (κ2) is 6.79. The molecular formula is C21H23N3O. The van der Waals surface area contributed by atoms with Crippen LogP contribution < -0.4 is 5.32 Å². The summed E-state index contributed by atoms with van der Waals surface area (Å²) in [4.78, 5) is 21.5. The van der Waals surface area contributed by atoms with Crippen molar-refractivity contribution in [3.05, 3.63) is 65.0 Å². The summed E-state index contributed by atoms with van der Waals surface area (Å²) >= 11 is 0. The third-order valence-corrected chi connectivity index (χ3v) is 4.91. The van der Waals surface area contributed by atoms with Crippen LogP contribution in [-0.4, -0.2) is 22.6 Å². The normalized spacial score (nSPS) is 16.9. The fourth-order valence-electron chi connectivity index (χ4n) is 3.30. The Labute approximate surface area is 148 Å². The number of carbonyl (C=O) groups is 1. The molecular weight excluding hydrogens is 310 g/mol. The highest BCUT2D eigenvalue weighted by molar-refractivity contribution is 6.02. The molecule has 1 aromatic heterocycles. The van der Waals surface area contributed by atoms with Crippen LogP contribution in [0, 0.1) is 0 Å². The van der Waals surface area contributed by atoms with Crippen LogP contribution in [-0.2, 0) is 17.8 Å². The molecule has 1 aliphatic carbocycles. The number of pyridine rings is 1. The second-order valence-electron chi connectivity index (χ2n) is 7.15. The molecule has 1 N–H and O–H groups in total. The number of hydrogen-bond donors (Lipinski definition) is 1. The number of nitrogens with zero attached hydrogens (tertiary/aromatic N) is 2. The Kier molecular flexibility index (Phi) is 4.35. The van der Waals surface area contributed by atoms with Crippen molar-refractivity contribution in [2.45, 2.75) is 51.1 Å². The number of rotatable bonds is 6. The molecule has 0 radical (unpaired) electrons. The van der Waals surface area contributed by atoms with Gasteiger partial charge < -0.3 is 5.32 Å². The topological polar surface area (TPSA) is 54.4 Å². The van der Waals surface area contributed by atoms with Crippen LogP contribution in [0.25, 0.3) is 0 Å². The summed E-state index contributed by atoms with van der Waals surface area (Å²) in [5, 5.41) is 3.46. The summed E-state index contributed by atoms with van der Waals surface area (Å²) in [6.07, 6.45) is 5.28. The summed E-state index contributed by atoms with van der Waals surface area (Å²) < 4.78 is 0. The van der Waals surface area contributed by atoms with Crippen molar-refractivity contribution < 1.29 is 4.79 Å². The van der Waals surface area contributed by atoms with Gasteiger partial charge in [-0.2, -0.15) is 0 Å². The highest BCUT2D eigenvalue weighted by atomic mass is 16.1. The molecule has 4 rings (SSSR count). The Morgan fingerprint density at radius 3 is 2.84 bits per heavy atom. The third-order valence-electron chi connectivity index (χ3n) is 4.91. The molecule has 0 spiro atoms. The van der Waals surface area contributed by atoms with Gasteiger partial charge in [0.1, 0.15) is 11.6 Å². The summed E-state index contributed by atoms with van der Waals surface area (Å²) in [5.41, 5.74) is 4.34. The van der Waals surface area contributed by atoms with Crippen molar-refractivity contribution in [3.8, 4) is 0 Å². The summed E-state index contributed by atoms with van der Waals surface area (Å²) in [6, 6.07) is 12.8. The van der Waals surface area contributed by atoms with Crippen molar-refractivity contribution in [1.82, 2.24) is 10.3 Å². The van der Waals surface area contributed by atoms with Crippen LogP contribution in [0.15, 0.2) is 47.6 Å². The van der Waals surface area contributed by atoms with Gasteiger partial charge in [0.05, 0.1) is 6.54 Å². The van der Waals surface area contributed by atoms with E-state index in [0.29, 0.717) is 25.4 Å². The summed E-state index contributed by atoms with van der Waals surface area (Å²) in [7, 11) is 0. The lowest BCUT2D eigenvalue weighted by molar-refractivity contribution is -0.118. The highest BCUT2D eigenvalue weighted by Gasteiger charge is 2.26. The van der Waals surface area contributed by atoms with Gasteiger partial charge in [0.15, 0.2) is 0 Å². The quantitative estimate of drug-likeness (QED) is 0.881. The molecule has 4 nitrogen and oxygen atoms in total. The van der Waals surface area contributed by atoms with E-state index in [4.69, 9.17) is 0 Å². The molecule has 0 unspecified atom stereocenters. The number of amidine groups is 1. The maximum absolute atomic E-state index is 12.4. The van der Waals surface area contributed by atoms with Gasteiger partial charge in [-0.3, -0.25) is 14.8 Å². The summed E-state index contributed by atoms with van der Waals surface area (Å²) in [6.45, 7) is 2.79. The number of fused-ring (bicyclic) bond motifs is 1. The molecule has 1 aliphatic heterocycles. The lowest BCUT2D eigenvalue weighted by Gasteiger charge is -2.11. The monoisotopic (exact) mass is 333 g/mol. The van der Waals surface area contributed by atoms with Crippen molar-refractivity contribution in [2.75, 3.05) is 0 Å². The predicted octanol–water partition coefficient (Wildman–Crippen LogP) is 3.40. The first-order valence-corrected chi connectivity index (χ1v) is 9.05. The largest absolute Gasteiger partial charge is 0.367 e. The van der Waals surface area contributed by atoms with E-state index < -0.39 is 0 Å². The molecule has 1 fully saturated rings. The van der Waals surface area contributed by atoms with Crippen LogP contribution in [0.4, 0.5) is 0 Å². The minimum absolute atomic E-state index is 0.235. The smallest absolute Gasteiger partial charge is 0.139 e. The minimum atomic E-state index is 0.235. The van der Waals surface area contributed by atoms with Gasteiger partial charge in [0, 0.05) is 36.3 Å². The average molecular weight is 333 g/mol. The van der Waals surface area contributed by atoms with Gasteiger partial charge >= 0.3 is 0 Å². The lowest BCUT2D eigenvalue weighted by atomic mass is 9.94. The molecule has 1 aromatic carbocycles. The van der Waals surface area contributed by atoms with E-state index in [1.807, 2.05) is 30.5 Å². The van der Waals surface area contributed by atoms with E-state index in [1.165, 1.54) is 24.0 Å². The lowest BCUT2D eigenvalue weighted by Crippen LogP contribution is -2.25. The van der Waals surface area contributed by atoms with E-state index in [0.717, 1.165) is 17.1 Å². The molecule has 4 heteroatoms. The Balaban J connectivity index is 1.37. The SMILES string of the molecule is C[C@@H](CC(=O)Cc1cc2c(cn1)C(NC1CC1)=NC2)c1ccccc1. The fourth-order valence-corrected chi connectivity index (χ4v) is 3.30. The molecule has 2 aliphatic rings. The van der Waals surface area contributed by atoms with Gasteiger partial charge in [-0.15, -0.1) is 0 Å². The Bertz CT molecular complexity index is 809. The predicted molar refractivity (Wildman–Crippen MR) is 98.8 cm³/mol. The Morgan fingerprint density at radius 1 is 1.28 bits per heavy atom. The standard InChI is InChI=1S/C21H23N3O/c1-14(15-5-3-2-4-6-15)9-19(25)11-18-10-16-12-23-21(20(16)13-22-18)24-17-7-8-17/h2-6,10,13-14,17H,7-9,11-12H2,1H3,(H,23,24)/t14-/m0/s1. The molecule has 2 heterocycles. The fraction of sp³-hybridized carbons (Fsp3) is 0.381. The first-order valence-electron chi connectivity index (χ1n) is 9.05. The van der Waals surface area contributed by atoms with Crippen LogP contribution in [0.3, 0.4) is 0 Å². The first-order chi connectivity index (χ1) is 12.2. The van der Waals surface area contributed by atoms with Crippen LogP contribution >= 0.6 is 0 Å². The van der Waals surface area contributed by atoms with Crippen LogP contribution in [0.2, 0.25) is 0 Å². The number of carbonyl (C=O) groups excluding carboxylic acids is 1. The zero-order chi connectivity index (χ0) is 17.2. The van der Waals surface area contributed by atoms with E-state index in [2.05, 4.69) is 34.3 Å². The average Bonchev–Trinajstić information content (AvgIpc) is 3.35. The third kappa shape index (κ3) is 3.78.